The lowest BCUT2D eigenvalue weighted by Gasteiger charge is -2.57. The number of nitrogens with zero attached hydrogens (tertiary/aromatic N) is 2. The van der Waals surface area contributed by atoms with Gasteiger partial charge in [-0.2, -0.15) is 13.2 Å². The smallest absolute Gasteiger partial charge is 0.419 e. The highest BCUT2D eigenvalue weighted by atomic mass is 19.4. The molecule has 0 amide bonds. The van der Waals surface area contributed by atoms with Gasteiger partial charge in [-0.3, -0.25) is 9.80 Å². The predicted molar refractivity (Wildman–Crippen MR) is 141 cm³/mol. The summed E-state index contributed by atoms with van der Waals surface area (Å²) in [5.74, 6) is 0.330. The fraction of sp³-hybridized carbons (Fsp3) is 0.600. The Labute approximate surface area is 219 Å². The zero-order valence-electron chi connectivity index (χ0n) is 22.3. The molecule has 2 aromatic carbocycles. The average Bonchev–Trinajstić information content (AvgIpc) is 2.87. The first-order valence-electron chi connectivity index (χ1n) is 13.7. The first kappa shape index (κ1) is 26.5. The van der Waals surface area contributed by atoms with Crippen LogP contribution in [0.15, 0.2) is 42.5 Å². The molecule has 0 bridgehead atoms. The number of benzene rings is 2. The molecular formula is C30H40F3N3O. The van der Waals surface area contributed by atoms with Crippen LogP contribution < -0.4 is 10.1 Å². The molecule has 4 nitrogen and oxygen atoms in total. The molecule has 1 spiro atoms. The molecule has 202 valence electrons. The Kier molecular flexibility index (Phi) is 7.58. The molecule has 2 aromatic rings. The first-order chi connectivity index (χ1) is 17.7. The number of methoxy groups -OCH3 is 1. The summed E-state index contributed by atoms with van der Waals surface area (Å²) < 4.78 is 45.2. The van der Waals surface area contributed by atoms with Crippen molar-refractivity contribution in [2.45, 2.75) is 70.3 Å². The third-order valence-electron chi connectivity index (χ3n) is 8.93. The average molecular weight is 516 g/mol. The molecule has 7 heteroatoms. The minimum atomic E-state index is -4.42. The normalized spacial score (nSPS) is 23.4. The third kappa shape index (κ3) is 5.55. The van der Waals surface area contributed by atoms with E-state index in [0.29, 0.717) is 23.9 Å². The van der Waals surface area contributed by atoms with Gasteiger partial charge in [0.2, 0.25) is 0 Å². The molecule has 3 aliphatic rings. The van der Waals surface area contributed by atoms with Gasteiger partial charge in [-0.15, -0.1) is 0 Å². The summed E-state index contributed by atoms with van der Waals surface area (Å²) in [7, 11) is 1.31. The summed E-state index contributed by atoms with van der Waals surface area (Å²) in [6.45, 7) is 10.2. The zero-order chi connectivity index (χ0) is 26.2. The molecule has 0 radical (unpaired) electrons. The molecule has 3 fully saturated rings. The summed E-state index contributed by atoms with van der Waals surface area (Å²) in [6, 6.07) is 14.0. The van der Waals surface area contributed by atoms with Crippen molar-refractivity contribution in [3.8, 4) is 5.75 Å². The summed E-state index contributed by atoms with van der Waals surface area (Å²) in [5.41, 5.74) is 3.45. The maximum absolute atomic E-state index is 13.4. The maximum atomic E-state index is 13.4. The Bertz CT molecular complexity index is 1070. The first-order valence-corrected chi connectivity index (χ1v) is 13.7. The number of hydrogen-bond donors (Lipinski definition) is 1. The number of piperidine rings is 1. The van der Waals surface area contributed by atoms with Gasteiger partial charge in [-0.25, -0.2) is 0 Å². The van der Waals surface area contributed by atoms with Crippen molar-refractivity contribution in [1.82, 2.24) is 15.1 Å². The van der Waals surface area contributed by atoms with Gasteiger partial charge >= 0.3 is 6.18 Å². The van der Waals surface area contributed by atoms with E-state index in [-0.39, 0.29) is 11.8 Å². The number of alkyl halides is 3. The highest BCUT2D eigenvalue weighted by Gasteiger charge is 2.49. The van der Waals surface area contributed by atoms with Gasteiger partial charge in [0.1, 0.15) is 5.75 Å². The number of nitrogens with one attached hydrogen (secondary N) is 1. The zero-order valence-corrected chi connectivity index (χ0v) is 22.3. The van der Waals surface area contributed by atoms with Crippen molar-refractivity contribution < 1.29 is 17.9 Å². The number of halogens is 3. The maximum Gasteiger partial charge on any atom is 0.419 e. The molecule has 2 saturated heterocycles. The van der Waals surface area contributed by atoms with E-state index in [1.807, 2.05) is 0 Å². The van der Waals surface area contributed by atoms with E-state index < -0.39 is 11.7 Å². The summed E-state index contributed by atoms with van der Waals surface area (Å²) in [6.07, 6.45) is 0.713. The highest BCUT2D eigenvalue weighted by Crippen LogP contribution is 2.52. The lowest BCUT2D eigenvalue weighted by Crippen LogP contribution is -2.59. The topological polar surface area (TPSA) is 27.7 Å². The highest BCUT2D eigenvalue weighted by molar-refractivity contribution is 5.39. The lowest BCUT2D eigenvalue weighted by atomic mass is 9.60. The summed E-state index contributed by atoms with van der Waals surface area (Å²) in [4.78, 5) is 5.15. The van der Waals surface area contributed by atoms with Crippen LogP contribution in [0, 0.1) is 5.41 Å². The van der Waals surface area contributed by atoms with Crippen molar-refractivity contribution >= 4 is 0 Å². The Morgan fingerprint density at radius 3 is 2.46 bits per heavy atom. The largest absolute Gasteiger partial charge is 0.496 e. The van der Waals surface area contributed by atoms with E-state index >= 15 is 0 Å². The quantitative estimate of drug-likeness (QED) is 0.494. The van der Waals surface area contributed by atoms with E-state index in [1.54, 1.807) is 12.1 Å². The molecular weight excluding hydrogens is 475 g/mol. The van der Waals surface area contributed by atoms with Crippen molar-refractivity contribution in [2.24, 2.45) is 5.41 Å². The van der Waals surface area contributed by atoms with Crippen molar-refractivity contribution in [1.29, 1.82) is 0 Å². The lowest BCUT2D eigenvalue weighted by molar-refractivity contribution is -0.138. The second kappa shape index (κ2) is 10.6. The number of hydrogen-bond acceptors (Lipinski definition) is 4. The van der Waals surface area contributed by atoms with Crippen LogP contribution in [0.5, 0.6) is 5.75 Å². The van der Waals surface area contributed by atoms with Gasteiger partial charge in [0.15, 0.2) is 0 Å². The Balaban J connectivity index is 1.37. The summed E-state index contributed by atoms with van der Waals surface area (Å²) in [5, 5.41) is 3.51. The van der Waals surface area contributed by atoms with Crippen LogP contribution in [0.1, 0.15) is 73.7 Å². The van der Waals surface area contributed by atoms with E-state index in [4.69, 9.17) is 4.74 Å². The van der Waals surface area contributed by atoms with E-state index in [2.05, 4.69) is 53.2 Å². The monoisotopic (exact) mass is 515 g/mol. The van der Waals surface area contributed by atoms with Crippen LogP contribution in [-0.4, -0.2) is 55.7 Å². The van der Waals surface area contributed by atoms with E-state index in [1.165, 1.54) is 43.9 Å². The van der Waals surface area contributed by atoms with Crippen LogP contribution in [0.25, 0.3) is 0 Å². The van der Waals surface area contributed by atoms with Crippen LogP contribution >= 0.6 is 0 Å². The molecule has 0 unspecified atom stereocenters. The molecule has 1 N–H and O–H groups in total. The minimum absolute atomic E-state index is 0.105. The third-order valence-corrected chi connectivity index (χ3v) is 8.93. The van der Waals surface area contributed by atoms with Gasteiger partial charge in [-0.1, -0.05) is 44.2 Å². The molecule has 0 aromatic heterocycles. The molecule has 1 aliphatic carbocycles. The molecule has 2 aliphatic heterocycles. The number of rotatable bonds is 6. The fourth-order valence-corrected chi connectivity index (χ4v) is 6.92. The second-order valence-corrected chi connectivity index (χ2v) is 11.6. The van der Waals surface area contributed by atoms with Gasteiger partial charge in [-0.05, 0) is 78.9 Å². The van der Waals surface area contributed by atoms with Crippen molar-refractivity contribution in [2.75, 3.05) is 39.8 Å². The second-order valence-electron chi connectivity index (χ2n) is 11.6. The van der Waals surface area contributed by atoms with Crippen molar-refractivity contribution in [3.05, 3.63) is 64.7 Å². The molecule has 5 rings (SSSR count). The Morgan fingerprint density at radius 1 is 1.05 bits per heavy atom. The van der Waals surface area contributed by atoms with E-state index in [9.17, 15) is 13.2 Å². The minimum Gasteiger partial charge on any atom is -0.496 e. The Hall–Kier alpha value is -2.09. The van der Waals surface area contributed by atoms with Crippen LogP contribution in [0.3, 0.4) is 0 Å². The predicted octanol–water partition coefficient (Wildman–Crippen LogP) is 6.23. The van der Waals surface area contributed by atoms with Gasteiger partial charge < -0.3 is 10.1 Å². The van der Waals surface area contributed by atoms with Crippen LogP contribution in [-0.2, 0) is 12.7 Å². The number of ether oxygens (including phenoxy) is 1. The van der Waals surface area contributed by atoms with Gasteiger partial charge in [0.05, 0.1) is 12.7 Å². The molecule has 1 atom stereocenters. The van der Waals surface area contributed by atoms with Crippen LogP contribution in [0.2, 0.25) is 0 Å². The molecule has 1 saturated carbocycles. The fourth-order valence-electron chi connectivity index (χ4n) is 6.92. The van der Waals surface area contributed by atoms with Crippen molar-refractivity contribution in [3.63, 3.8) is 0 Å². The molecule has 37 heavy (non-hydrogen) atoms. The summed E-state index contributed by atoms with van der Waals surface area (Å²) >= 11 is 0. The molecule has 2 heterocycles. The standard InChI is InChI=1S/C30H40F3N3O/c1-21(2)24-6-4-5-7-25(24)27-20-35(19-22-8-9-26(30(31,32)33)28(16-22)37-3)14-15-36(27)23-17-29(18-23)10-12-34-13-11-29/h4-9,16,21,23,27,34H,10-15,17-20H2,1-3H3/t27-/m0/s1. The van der Waals surface area contributed by atoms with Gasteiger partial charge in [0.25, 0.3) is 0 Å². The SMILES string of the molecule is COc1cc(CN2CCN(C3CC4(CCNCC4)C3)[C@H](c3ccccc3C(C)C)C2)ccc1C(F)(F)F. The van der Waals surface area contributed by atoms with Crippen LogP contribution in [0.4, 0.5) is 13.2 Å². The number of piperazine rings is 1. The van der Waals surface area contributed by atoms with E-state index in [0.717, 1.165) is 44.4 Å². The van der Waals surface area contributed by atoms with Gasteiger partial charge in [0, 0.05) is 38.3 Å². The Morgan fingerprint density at radius 2 is 1.78 bits per heavy atom.